The van der Waals surface area contributed by atoms with Gasteiger partial charge in [-0.3, -0.25) is 0 Å². The second-order valence-corrected chi connectivity index (χ2v) is 7.24. The molecule has 0 aliphatic heterocycles. The Morgan fingerprint density at radius 2 is 1.67 bits per heavy atom. The van der Waals surface area contributed by atoms with Gasteiger partial charge < -0.3 is 25.2 Å². The van der Waals surface area contributed by atoms with Crippen LogP contribution in [-0.2, 0) is 9.47 Å². The summed E-state index contributed by atoms with van der Waals surface area (Å²) in [5.41, 5.74) is 0.0572. The summed E-state index contributed by atoms with van der Waals surface area (Å²) < 4.78 is 10.3. The topological polar surface area (TPSA) is 62.8 Å². The van der Waals surface area contributed by atoms with E-state index in [2.05, 4.69) is 45.3 Å². The van der Waals surface area contributed by atoms with Crippen molar-refractivity contribution in [3.63, 3.8) is 0 Å². The zero-order valence-electron chi connectivity index (χ0n) is 14.8. The monoisotopic (exact) mass is 304 g/mol. The molecule has 0 aromatic rings. The lowest BCUT2D eigenvalue weighted by Gasteiger charge is -2.28. The fourth-order valence-corrected chi connectivity index (χ4v) is 1.85. The number of nitrogens with one attached hydrogen (secondary N) is 2. The number of β-amino-alcohol motifs (C(OH)–C–C–N with tert-alkyl or cyclic N) is 1. The average Bonchev–Trinajstić information content (AvgIpc) is 2.37. The highest BCUT2D eigenvalue weighted by molar-refractivity contribution is 4.80. The molecule has 21 heavy (non-hydrogen) atoms. The van der Waals surface area contributed by atoms with Crippen molar-refractivity contribution in [2.24, 2.45) is 0 Å². The van der Waals surface area contributed by atoms with Gasteiger partial charge in [0, 0.05) is 31.3 Å². The van der Waals surface area contributed by atoms with Gasteiger partial charge in [0.25, 0.3) is 0 Å². The molecule has 0 aromatic heterocycles. The third kappa shape index (κ3) is 14.5. The van der Waals surface area contributed by atoms with Gasteiger partial charge in [-0.05, 0) is 47.5 Å². The van der Waals surface area contributed by atoms with Crippen LogP contribution in [0.15, 0.2) is 0 Å². The van der Waals surface area contributed by atoms with Gasteiger partial charge in [-0.15, -0.1) is 0 Å². The predicted octanol–water partition coefficient (Wildman–Crippen LogP) is 1.55. The lowest BCUT2D eigenvalue weighted by Crippen LogP contribution is -2.44. The summed E-state index contributed by atoms with van der Waals surface area (Å²) in [5.74, 6) is 0. The van der Waals surface area contributed by atoms with E-state index in [-0.39, 0.29) is 17.2 Å². The standard InChI is InChI=1S/C16H36N2O3/c1-15(2,3)18-13-14(19)7-8-16(4,5)17-9-10-21-12-11-20-6/h14,17-19H,7-13H2,1-6H3. The number of methoxy groups -OCH3 is 1. The molecule has 0 aliphatic carbocycles. The fourth-order valence-electron chi connectivity index (χ4n) is 1.85. The zero-order chi connectivity index (χ0) is 16.4. The molecule has 0 bridgehead atoms. The molecule has 5 heteroatoms. The van der Waals surface area contributed by atoms with Crippen molar-refractivity contribution in [1.82, 2.24) is 10.6 Å². The van der Waals surface area contributed by atoms with Crippen LogP contribution in [-0.4, -0.2) is 62.3 Å². The van der Waals surface area contributed by atoms with Crippen molar-refractivity contribution >= 4 is 0 Å². The Kier molecular flexibility index (Phi) is 10.4. The maximum atomic E-state index is 10.0. The van der Waals surface area contributed by atoms with Gasteiger partial charge >= 0.3 is 0 Å². The third-order valence-corrected chi connectivity index (χ3v) is 3.25. The Bertz CT molecular complexity index is 252. The van der Waals surface area contributed by atoms with E-state index in [9.17, 15) is 5.11 Å². The Balaban J connectivity index is 3.71. The maximum absolute atomic E-state index is 10.0. The largest absolute Gasteiger partial charge is 0.392 e. The van der Waals surface area contributed by atoms with E-state index in [4.69, 9.17) is 9.47 Å². The van der Waals surface area contributed by atoms with Crippen LogP contribution in [0.5, 0.6) is 0 Å². The molecule has 0 aliphatic rings. The van der Waals surface area contributed by atoms with Gasteiger partial charge in [-0.2, -0.15) is 0 Å². The first-order chi connectivity index (χ1) is 9.66. The lowest BCUT2D eigenvalue weighted by molar-refractivity contribution is 0.0685. The highest BCUT2D eigenvalue weighted by Gasteiger charge is 2.19. The quantitative estimate of drug-likeness (QED) is 0.478. The predicted molar refractivity (Wildman–Crippen MR) is 87.8 cm³/mol. The summed E-state index contributed by atoms with van der Waals surface area (Å²) in [6.07, 6.45) is 1.41. The van der Waals surface area contributed by atoms with Crippen molar-refractivity contribution in [3.05, 3.63) is 0 Å². The van der Waals surface area contributed by atoms with Crippen LogP contribution in [0, 0.1) is 0 Å². The summed E-state index contributed by atoms with van der Waals surface area (Å²) in [6, 6.07) is 0. The normalized spacial score (nSPS) is 14.4. The van der Waals surface area contributed by atoms with Crippen LogP contribution in [0.2, 0.25) is 0 Å². The van der Waals surface area contributed by atoms with Gasteiger partial charge in [-0.25, -0.2) is 0 Å². The summed E-state index contributed by atoms with van der Waals surface area (Å²) in [7, 11) is 1.67. The first kappa shape index (κ1) is 20.8. The minimum absolute atomic E-state index is 0.00727. The summed E-state index contributed by atoms with van der Waals surface area (Å²) in [5, 5.41) is 16.8. The van der Waals surface area contributed by atoms with E-state index in [1.807, 2.05) is 0 Å². The second kappa shape index (κ2) is 10.5. The van der Waals surface area contributed by atoms with Crippen LogP contribution in [0.4, 0.5) is 0 Å². The molecule has 0 saturated heterocycles. The molecule has 1 unspecified atom stereocenters. The third-order valence-electron chi connectivity index (χ3n) is 3.25. The highest BCUT2D eigenvalue weighted by Crippen LogP contribution is 2.13. The van der Waals surface area contributed by atoms with E-state index in [0.717, 1.165) is 19.4 Å². The Morgan fingerprint density at radius 1 is 1.00 bits per heavy atom. The molecule has 0 heterocycles. The first-order valence-electron chi connectivity index (χ1n) is 7.91. The number of rotatable bonds is 12. The number of hydrogen-bond donors (Lipinski definition) is 3. The number of aliphatic hydroxyl groups is 1. The molecule has 0 rings (SSSR count). The van der Waals surface area contributed by atoms with Crippen LogP contribution >= 0.6 is 0 Å². The minimum Gasteiger partial charge on any atom is -0.392 e. The van der Waals surface area contributed by atoms with Crippen LogP contribution in [0.3, 0.4) is 0 Å². The molecule has 5 nitrogen and oxygen atoms in total. The molecule has 0 fully saturated rings. The number of ether oxygens (including phenoxy) is 2. The van der Waals surface area contributed by atoms with E-state index in [1.54, 1.807) is 7.11 Å². The average molecular weight is 304 g/mol. The Morgan fingerprint density at radius 3 is 2.24 bits per heavy atom. The summed E-state index contributed by atoms with van der Waals surface area (Å²) >= 11 is 0. The van der Waals surface area contributed by atoms with Gasteiger partial charge in [0.05, 0.1) is 25.9 Å². The van der Waals surface area contributed by atoms with E-state index < -0.39 is 0 Å². The van der Waals surface area contributed by atoms with Crippen molar-refractivity contribution in [2.75, 3.05) is 40.0 Å². The molecular weight excluding hydrogens is 268 g/mol. The molecule has 0 aromatic carbocycles. The Hall–Kier alpha value is -0.200. The van der Waals surface area contributed by atoms with Crippen molar-refractivity contribution < 1.29 is 14.6 Å². The van der Waals surface area contributed by atoms with Crippen molar-refractivity contribution in [1.29, 1.82) is 0 Å². The van der Waals surface area contributed by atoms with E-state index in [1.165, 1.54) is 0 Å². The van der Waals surface area contributed by atoms with E-state index in [0.29, 0.717) is 26.4 Å². The maximum Gasteiger partial charge on any atom is 0.0700 e. The first-order valence-corrected chi connectivity index (χ1v) is 7.91. The molecule has 128 valence electrons. The molecule has 3 N–H and O–H groups in total. The number of hydrogen-bond acceptors (Lipinski definition) is 5. The molecule has 0 amide bonds. The molecule has 0 saturated carbocycles. The molecule has 0 radical (unpaired) electrons. The van der Waals surface area contributed by atoms with E-state index >= 15 is 0 Å². The van der Waals surface area contributed by atoms with Crippen LogP contribution in [0.1, 0.15) is 47.5 Å². The smallest absolute Gasteiger partial charge is 0.0700 e. The van der Waals surface area contributed by atoms with Crippen LogP contribution < -0.4 is 10.6 Å². The molecular formula is C16H36N2O3. The highest BCUT2D eigenvalue weighted by atomic mass is 16.5. The Labute approximate surface area is 130 Å². The SMILES string of the molecule is COCCOCCNC(C)(C)CCC(O)CNC(C)(C)C. The lowest BCUT2D eigenvalue weighted by atomic mass is 9.96. The summed E-state index contributed by atoms with van der Waals surface area (Å²) in [4.78, 5) is 0. The fraction of sp³-hybridized carbons (Fsp3) is 1.00. The molecule has 1 atom stereocenters. The van der Waals surface area contributed by atoms with Crippen LogP contribution in [0.25, 0.3) is 0 Å². The van der Waals surface area contributed by atoms with Crippen molar-refractivity contribution in [3.8, 4) is 0 Å². The number of aliphatic hydroxyl groups excluding tert-OH is 1. The summed E-state index contributed by atoms with van der Waals surface area (Å²) in [6.45, 7) is 14.0. The van der Waals surface area contributed by atoms with Gasteiger partial charge in [0.15, 0.2) is 0 Å². The van der Waals surface area contributed by atoms with Crippen molar-refractivity contribution in [2.45, 2.75) is 64.6 Å². The van der Waals surface area contributed by atoms with Gasteiger partial charge in [0.1, 0.15) is 0 Å². The second-order valence-electron chi connectivity index (χ2n) is 7.24. The zero-order valence-corrected chi connectivity index (χ0v) is 14.8. The minimum atomic E-state index is -0.303. The van der Waals surface area contributed by atoms with Gasteiger partial charge in [0.2, 0.25) is 0 Å². The van der Waals surface area contributed by atoms with Gasteiger partial charge in [-0.1, -0.05) is 0 Å². The molecule has 0 spiro atoms.